The van der Waals surface area contributed by atoms with Crippen molar-refractivity contribution in [3.05, 3.63) is 23.5 Å². The predicted octanol–water partition coefficient (Wildman–Crippen LogP) is 1.22. The quantitative estimate of drug-likeness (QED) is 0.706. The lowest BCUT2D eigenvalue weighted by atomic mass is 10.1. The highest BCUT2D eigenvalue weighted by molar-refractivity contribution is 5.94. The second-order valence-electron chi connectivity index (χ2n) is 4.62. The van der Waals surface area contributed by atoms with Crippen molar-refractivity contribution in [3.8, 4) is 0 Å². The van der Waals surface area contributed by atoms with Crippen LogP contribution in [0.1, 0.15) is 16.8 Å². The van der Waals surface area contributed by atoms with Crippen molar-refractivity contribution in [1.29, 1.82) is 0 Å². The number of anilines is 2. The number of nitrogens with two attached hydrogens (primary N) is 1. The van der Waals surface area contributed by atoms with E-state index in [4.69, 9.17) is 10.8 Å². The largest absolute Gasteiger partial charge is 0.478 e. The summed E-state index contributed by atoms with van der Waals surface area (Å²) in [7, 11) is 1.99. The summed E-state index contributed by atoms with van der Waals surface area (Å²) in [4.78, 5) is 13.1. The molecule has 0 radical (unpaired) electrons. The molecule has 1 aromatic carbocycles. The Labute approximate surface area is 104 Å². The molecule has 2 rings (SSSR count). The van der Waals surface area contributed by atoms with Crippen molar-refractivity contribution in [2.75, 3.05) is 31.2 Å². The van der Waals surface area contributed by atoms with Gasteiger partial charge in [0, 0.05) is 18.3 Å². The van der Waals surface area contributed by atoms with E-state index in [9.17, 15) is 9.18 Å². The number of carboxylic acids is 1. The normalized spacial score (nSPS) is 20.0. The van der Waals surface area contributed by atoms with Gasteiger partial charge in [-0.05, 0) is 32.1 Å². The second-order valence-corrected chi connectivity index (χ2v) is 4.62. The molecule has 4 N–H and O–H groups in total. The Kier molecular flexibility index (Phi) is 3.38. The highest BCUT2D eigenvalue weighted by atomic mass is 19.1. The third-order valence-corrected chi connectivity index (χ3v) is 3.12. The van der Waals surface area contributed by atoms with Crippen LogP contribution in [0.2, 0.25) is 0 Å². The zero-order valence-corrected chi connectivity index (χ0v) is 10.1. The molecule has 0 spiro atoms. The van der Waals surface area contributed by atoms with Gasteiger partial charge in [-0.2, -0.15) is 0 Å². The van der Waals surface area contributed by atoms with Crippen molar-refractivity contribution in [1.82, 2.24) is 4.90 Å². The van der Waals surface area contributed by atoms with Gasteiger partial charge in [-0.25, -0.2) is 9.18 Å². The van der Waals surface area contributed by atoms with E-state index in [1.165, 1.54) is 6.07 Å². The first-order valence-corrected chi connectivity index (χ1v) is 5.74. The Bertz CT molecular complexity index is 479. The zero-order chi connectivity index (χ0) is 13.3. The molecule has 1 fully saturated rings. The number of nitrogen functional groups attached to an aromatic ring is 1. The summed E-state index contributed by atoms with van der Waals surface area (Å²) in [5.74, 6) is -1.67. The molecule has 1 heterocycles. The first kappa shape index (κ1) is 12.6. The number of carboxylic acid groups (broad SMARTS) is 1. The minimum absolute atomic E-state index is 0.0610. The fourth-order valence-electron chi connectivity index (χ4n) is 2.16. The molecular formula is C12H16FN3O2. The van der Waals surface area contributed by atoms with Gasteiger partial charge in [-0.3, -0.25) is 0 Å². The topological polar surface area (TPSA) is 78.6 Å². The molecule has 6 heteroatoms. The van der Waals surface area contributed by atoms with E-state index < -0.39 is 11.8 Å². The first-order valence-electron chi connectivity index (χ1n) is 5.74. The Morgan fingerprint density at radius 2 is 2.33 bits per heavy atom. The van der Waals surface area contributed by atoms with Gasteiger partial charge in [0.2, 0.25) is 0 Å². The van der Waals surface area contributed by atoms with E-state index in [1.807, 2.05) is 7.05 Å². The number of likely N-dealkylation sites (tertiary alicyclic amines) is 1. The average molecular weight is 253 g/mol. The van der Waals surface area contributed by atoms with Crippen molar-refractivity contribution in [3.63, 3.8) is 0 Å². The number of hydrogen-bond acceptors (Lipinski definition) is 4. The fraction of sp³-hybridized carbons (Fsp3) is 0.417. The molecule has 0 saturated carbocycles. The molecule has 18 heavy (non-hydrogen) atoms. The fourth-order valence-corrected chi connectivity index (χ4v) is 2.16. The number of hydrogen-bond donors (Lipinski definition) is 3. The lowest BCUT2D eigenvalue weighted by molar-refractivity contribution is 0.0698. The molecule has 0 amide bonds. The maximum Gasteiger partial charge on any atom is 0.337 e. The summed E-state index contributed by atoms with van der Waals surface area (Å²) in [5, 5.41) is 12.0. The SMILES string of the molecule is CN1CCC(Nc2cc(C(=O)O)c(N)cc2F)C1. The average Bonchev–Trinajstić information content (AvgIpc) is 2.67. The van der Waals surface area contributed by atoms with E-state index >= 15 is 0 Å². The molecule has 5 nitrogen and oxygen atoms in total. The van der Waals surface area contributed by atoms with Crippen LogP contribution in [0.4, 0.5) is 15.8 Å². The molecule has 98 valence electrons. The van der Waals surface area contributed by atoms with Gasteiger partial charge in [-0.1, -0.05) is 0 Å². The van der Waals surface area contributed by atoms with Crippen LogP contribution in [-0.2, 0) is 0 Å². The van der Waals surface area contributed by atoms with Crippen LogP contribution in [0, 0.1) is 5.82 Å². The summed E-state index contributed by atoms with van der Waals surface area (Å²) in [6.45, 7) is 1.76. The van der Waals surface area contributed by atoms with Crippen LogP contribution in [-0.4, -0.2) is 42.2 Å². The second kappa shape index (κ2) is 4.81. The molecule has 1 saturated heterocycles. The molecule has 1 aliphatic heterocycles. The Morgan fingerprint density at radius 3 is 2.89 bits per heavy atom. The zero-order valence-electron chi connectivity index (χ0n) is 10.1. The molecule has 1 atom stereocenters. The molecule has 0 bridgehead atoms. The highest BCUT2D eigenvalue weighted by Crippen LogP contribution is 2.24. The minimum Gasteiger partial charge on any atom is -0.478 e. The maximum atomic E-state index is 13.7. The lowest BCUT2D eigenvalue weighted by Crippen LogP contribution is -2.24. The summed E-state index contributed by atoms with van der Waals surface area (Å²) in [6, 6.07) is 2.44. The molecular weight excluding hydrogens is 237 g/mol. The summed E-state index contributed by atoms with van der Waals surface area (Å²) in [5.41, 5.74) is 5.52. The van der Waals surface area contributed by atoms with Gasteiger partial charge in [0.05, 0.1) is 11.3 Å². The highest BCUT2D eigenvalue weighted by Gasteiger charge is 2.21. The summed E-state index contributed by atoms with van der Waals surface area (Å²) < 4.78 is 13.7. The predicted molar refractivity (Wildman–Crippen MR) is 67.3 cm³/mol. The van der Waals surface area contributed by atoms with Crippen LogP contribution in [0.3, 0.4) is 0 Å². The van der Waals surface area contributed by atoms with Gasteiger partial charge < -0.3 is 21.1 Å². The number of likely N-dealkylation sites (N-methyl/N-ethyl adjacent to an activating group) is 1. The monoisotopic (exact) mass is 253 g/mol. The number of benzene rings is 1. The van der Waals surface area contributed by atoms with Crippen molar-refractivity contribution in [2.45, 2.75) is 12.5 Å². The van der Waals surface area contributed by atoms with E-state index in [2.05, 4.69) is 10.2 Å². The Balaban J connectivity index is 2.22. The van der Waals surface area contributed by atoms with Crippen LogP contribution in [0.15, 0.2) is 12.1 Å². The van der Waals surface area contributed by atoms with E-state index in [0.717, 1.165) is 25.6 Å². The summed E-state index contributed by atoms with van der Waals surface area (Å²) in [6.07, 6.45) is 0.905. The first-order chi connectivity index (χ1) is 8.47. The van der Waals surface area contributed by atoms with E-state index in [-0.39, 0.29) is 23.0 Å². The third-order valence-electron chi connectivity index (χ3n) is 3.12. The van der Waals surface area contributed by atoms with Crippen LogP contribution >= 0.6 is 0 Å². The number of rotatable bonds is 3. The minimum atomic E-state index is -1.15. The van der Waals surface area contributed by atoms with E-state index in [1.54, 1.807) is 0 Å². The third kappa shape index (κ3) is 2.53. The van der Waals surface area contributed by atoms with Crippen LogP contribution < -0.4 is 11.1 Å². The molecule has 0 aliphatic carbocycles. The molecule has 1 aromatic rings. The van der Waals surface area contributed by atoms with Gasteiger partial charge in [0.15, 0.2) is 0 Å². The number of halogens is 1. The smallest absolute Gasteiger partial charge is 0.337 e. The standard InChI is InChI=1S/C12H16FN3O2/c1-16-3-2-7(6-16)15-11-4-8(12(17)18)10(14)5-9(11)13/h4-5,7,15H,2-3,6,14H2,1H3,(H,17,18). The van der Waals surface area contributed by atoms with Crippen LogP contribution in [0.25, 0.3) is 0 Å². The van der Waals surface area contributed by atoms with E-state index in [0.29, 0.717) is 0 Å². The van der Waals surface area contributed by atoms with Gasteiger partial charge >= 0.3 is 5.97 Å². The lowest BCUT2D eigenvalue weighted by Gasteiger charge is -2.16. The van der Waals surface area contributed by atoms with Crippen molar-refractivity contribution in [2.24, 2.45) is 0 Å². The van der Waals surface area contributed by atoms with Gasteiger partial charge in [-0.15, -0.1) is 0 Å². The van der Waals surface area contributed by atoms with Gasteiger partial charge in [0.1, 0.15) is 5.82 Å². The number of aromatic carboxylic acids is 1. The van der Waals surface area contributed by atoms with Gasteiger partial charge in [0.25, 0.3) is 0 Å². The van der Waals surface area contributed by atoms with Crippen LogP contribution in [0.5, 0.6) is 0 Å². The number of carbonyl (C=O) groups is 1. The molecule has 0 aromatic heterocycles. The van der Waals surface area contributed by atoms with Crippen molar-refractivity contribution < 1.29 is 14.3 Å². The molecule has 1 aliphatic rings. The Morgan fingerprint density at radius 1 is 1.61 bits per heavy atom. The number of nitrogens with one attached hydrogen (secondary N) is 1. The Hall–Kier alpha value is -1.82. The molecule has 1 unspecified atom stereocenters. The summed E-state index contributed by atoms with van der Waals surface area (Å²) >= 11 is 0. The van der Waals surface area contributed by atoms with Crippen molar-refractivity contribution >= 4 is 17.3 Å². The maximum absolute atomic E-state index is 13.7. The number of nitrogens with zero attached hydrogens (tertiary/aromatic N) is 1.